The van der Waals surface area contributed by atoms with Crippen molar-refractivity contribution in [2.45, 2.75) is 37.7 Å². The average Bonchev–Trinajstić information content (AvgIpc) is 3.54. The van der Waals surface area contributed by atoms with E-state index in [-0.39, 0.29) is 6.61 Å². The van der Waals surface area contributed by atoms with Crippen molar-refractivity contribution >= 4 is 40.4 Å². The normalized spacial score (nSPS) is 23.0. The number of ether oxygens (including phenoxy) is 2. The molecular formula is C24H28N5O13P3. The van der Waals surface area contributed by atoms with Gasteiger partial charge in [0.1, 0.15) is 24.6 Å². The third kappa shape index (κ3) is 8.87. The van der Waals surface area contributed by atoms with E-state index in [4.69, 9.17) is 23.8 Å². The van der Waals surface area contributed by atoms with Crippen molar-refractivity contribution in [2.24, 2.45) is 0 Å². The molecule has 3 heterocycles. The van der Waals surface area contributed by atoms with Gasteiger partial charge in [-0.05, 0) is 11.1 Å². The first-order valence-corrected chi connectivity index (χ1v) is 17.6. The first-order valence-electron chi connectivity index (χ1n) is 13.0. The summed E-state index contributed by atoms with van der Waals surface area (Å²) in [5.41, 5.74) is 2.45. The largest absolute Gasteiger partial charge is 0.490 e. The van der Waals surface area contributed by atoms with E-state index >= 15 is 0 Å². The molecule has 0 saturated carbocycles. The quantitative estimate of drug-likeness (QED) is 0.104. The highest BCUT2D eigenvalue weighted by molar-refractivity contribution is 7.66. The van der Waals surface area contributed by atoms with Crippen molar-refractivity contribution in [2.75, 3.05) is 11.9 Å². The zero-order chi connectivity index (χ0) is 32.2. The molecule has 0 amide bonds. The Morgan fingerprint density at radius 1 is 0.867 bits per heavy atom. The molecule has 1 aliphatic rings. The molecule has 6 N–H and O–H groups in total. The number of nitrogens with one attached hydrogen (secondary N) is 1. The van der Waals surface area contributed by atoms with E-state index in [1.807, 2.05) is 36.4 Å². The lowest BCUT2D eigenvalue weighted by molar-refractivity contribution is -0.0759. The topological polar surface area (TPSA) is 254 Å². The third-order valence-corrected chi connectivity index (χ3v) is 10.2. The molecule has 5 rings (SSSR count). The second kappa shape index (κ2) is 13.8. The lowest BCUT2D eigenvalue weighted by Crippen LogP contribution is -2.35. The van der Waals surface area contributed by atoms with Crippen LogP contribution in [0.5, 0.6) is 0 Å². The number of hydrogen-bond donors (Lipinski definition) is 6. The summed E-state index contributed by atoms with van der Waals surface area (Å²) in [4.78, 5) is 49.8. The van der Waals surface area contributed by atoms with Crippen LogP contribution in [0.3, 0.4) is 0 Å². The summed E-state index contributed by atoms with van der Waals surface area (Å²) in [5, 5.41) is 14.4. The highest BCUT2D eigenvalue weighted by Crippen LogP contribution is 2.66. The van der Waals surface area contributed by atoms with Gasteiger partial charge < -0.3 is 39.5 Å². The molecule has 2 aromatic heterocycles. The minimum Gasteiger partial charge on any atom is -0.387 e. The maximum atomic E-state index is 12.3. The van der Waals surface area contributed by atoms with Crippen molar-refractivity contribution in [1.29, 1.82) is 0 Å². The lowest BCUT2D eigenvalue weighted by Gasteiger charge is -2.22. The number of aliphatic hydroxyl groups is 1. The molecule has 242 valence electrons. The van der Waals surface area contributed by atoms with E-state index in [2.05, 4.69) is 28.9 Å². The van der Waals surface area contributed by atoms with Gasteiger partial charge >= 0.3 is 23.5 Å². The molecule has 2 aromatic carbocycles. The van der Waals surface area contributed by atoms with Crippen molar-refractivity contribution < 1.29 is 61.0 Å². The summed E-state index contributed by atoms with van der Waals surface area (Å²) in [7, 11) is -16.8. The number of benzene rings is 2. The van der Waals surface area contributed by atoms with Crippen LogP contribution >= 0.6 is 23.5 Å². The molecular weight excluding hydrogens is 659 g/mol. The Bertz CT molecular complexity index is 1740. The second-order valence-corrected chi connectivity index (χ2v) is 14.0. The van der Waals surface area contributed by atoms with Crippen LogP contribution in [-0.4, -0.2) is 69.1 Å². The van der Waals surface area contributed by atoms with E-state index in [1.54, 1.807) is 24.3 Å². The Morgan fingerprint density at radius 3 is 2.20 bits per heavy atom. The third-order valence-electron chi connectivity index (χ3n) is 6.35. The van der Waals surface area contributed by atoms with Crippen LogP contribution in [0.25, 0.3) is 11.2 Å². The van der Waals surface area contributed by atoms with Gasteiger partial charge in [0, 0.05) is 6.54 Å². The first kappa shape index (κ1) is 33.4. The summed E-state index contributed by atoms with van der Waals surface area (Å²) < 4.78 is 60.5. The molecule has 21 heteroatoms. The molecule has 0 aliphatic carbocycles. The fourth-order valence-corrected chi connectivity index (χ4v) is 7.48. The molecule has 0 bridgehead atoms. The summed E-state index contributed by atoms with van der Waals surface area (Å²) >= 11 is 0. The van der Waals surface area contributed by atoms with Gasteiger partial charge in [0.15, 0.2) is 23.2 Å². The smallest absolute Gasteiger partial charge is 0.387 e. The number of phosphoric ester groups is 1. The van der Waals surface area contributed by atoms with Crippen molar-refractivity contribution in [3.63, 3.8) is 0 Å². The lowest BCUT2D eigenvalue weighted by atomic mass is 10.1. The van der Waals surface area contributed by atoms with Gasteiger partial charge in [0.2, 0.25) is 0 Å². The maximum absolute atomic E-state index is 12.3. The zero-order valence-electron chi connectivity index (χ0n) is 23.0. The van der Waals surface area contributed by atoms with E-state index in [0.717, 1.165) is 11.1 Å². The molecule has 1 fully saturated rings. The Kier molecular flexibility index (Phi) is 10.3. The van der Waals surface area contributed by atoms with Crippen LogP contribution in [0.2, 0.25) is 0 Å². The van der Waals surface area contributed by atoms with E-state index < -0.39 is 54.6 Å². The first-order chi connectivity index (χ1) is 21.3. The second-order valence-electron chi connectivity index (χ2n) is 9.59. The minimum atomic E-state index is -5.74. The number of imidazole rings is 1. The number of fused-ring (bicyclic) bond motifs is 1. The molecule has 0 radical (unpaired) electrons. The van der Waals surface area contributed by atoms with Gasteiger partial charge in [0.25, 0.3) is 0 Å². The maximum Gasteiger partial charge on any atom is 0.490 e. The minimum absolute atomic E-state index is 0.0382. The van der Waals surface area contributed by atoms with Crippen molar-refractivity contribution in [3.8, 4) is 0 Å². The Hall–Kier alpha value is -2.92. The van der Waals surface area contributed by atoms with Crippen LogP contribution < -0.4 is 5.32 Å². The Balaban J connectivity index is 1.36. The van der Waals surface area contributed by atoms with E-state index in [9.17, 15) is 28.6 Å². The SMILES string of the molecule is O=P(O)(O)OP(=O)(O)OP(=O)(O)OC[C@H]1O[C@@H](n2cnc3c(NCc4ccccc4)ncnc32)[C@H](OCc2ccccc2)[C@@H]1O. The van der Waals surface area contributed by atoms with E-state index in [0.29, 0.717) is 23.5 Å². The highest BCUT2D eigenvalue weighted by Gasteiger charge is 2.48. The van der Waals surface area contributed by atoms with Gasteiger partial charge in [-0.3, -0.25) is 9.09 Å². The number of nitrogens with zero attached hydrogens (tertiary/aromatic N) is 4. The van der Waals surface area contributed by atoms with Gasteiger partial charge in [-0.25, -0.2) is 28.6 Å². The zero-order valence-corrected chi connectivity index (χ0v) is 25.7. The Labute approximate surface area is 255 Å². The van der Waals surface area contributed by atoms with Crippen LogP contribution in [-0.2, 0) is 49.5 Å². The standard InChI is InChI=1S/C24H28N5O13P3/c30-20-18(13-39-44(34,35)42-45(36,37)41-43(31,32)33)40-24(21(20)38-12-17-9-5-2-6-10-17)29-15-28-19-22(26-14-27-23(19)29)25-11-16-7-3-1-4-8-16/h1-10,14-15,18,20-21,24,30H,11-13H2,(H,34,35)(H,36,37)(H,25,26,27)(H2,31,32,33)/t18-,20-,21-,24-/m1/s1. The van der Waals surface area contributed by atoms with E-state index in [1.165, 1.54) is 17.2 Å². The number of hydrogen-bond acceptors (Lipinski definition) is 13. The fraction of sp³-hybridized carbons (Fsp3) is 0.292. The monoisotopic (exact) mass is 687 g/mol. The van der Waals surface area contributed by atoms with Crippen LogP contribution in [0.15, 0.2) is 73.3 Å². The van der Waals surface area contributed by atoms with Crippen LogP contribution in [0.1, 0.15) is 17.4 Å². The molecule has 1 aliphatic heterocycles. The summed E-state index contributed by atoms with van der Waals surface area (Å²) in [6, 6.07) is 18.6. The molecule has 1 saturated heterocycles. The Morgan fingerprint density at radius 2 is 1.53 bits per heavy atom. The molecule has 6 atom stereocenters. The summed E-state index contributed by atoms with van der Waals surface area (Å²) in [6.45, 7) is -0.404. The van der Waals surface area contributed by atoms with Gasteiger partial charge in [-0.1, -0.05) is 60.7 Å². The number of phosphoric acid groups is 3. The van der Waals surface area contributed by atoms with Crippen LogP contribution in [0.4, 0.5) is 5.82 Å². The van der Waals surface area contributed by atoms with Gasteiger partial charge in [0.05, 0.1) is 19.5 Å². The van der Waals surface area contributed by atoms with Gasteiger partial charge in [-0.15, -0.1) is 0 Å². The number of aromatic nitrogens is 4. The predicted molar refractivity (Wildman–Crippen MR) is 154 cm³/mol. The van der Waals surface area contributed by atoms with Crippen molar-refractivity contribution in [1.82, 2.24) is 19.5 Å². The average molecular weight is 687 g/mol. The molecule has 0 spiro atoms. The molecule has 18 nitrogen and oxygen atoms in total. The highest BCUT2D eigenvalue weighted by atomic mass is 31.3. The fourth-order valence-electron chi connectivity index (χ4n) is 4.45. The summed E-state index contributed by atoms with van der Waals surface area (Å²) in [6.07, 6.45) is -2.40. The van der Waals surface area contributed by atoms with Crippen LogP contribution in [0, 0.1) is 0 Å². The summed E-state index contributed by atoms with van der Waals surface area (Å²) in [5.74, 6) is 0.423. The van der Waals surface area contributed by atoms with Gasteiger partial charge in [-0.2, -0.15) is 8.62 Å². The molecule has 4 aromatic rings. The predicted octanol–water partition coefficient (Wildman–Crippen LogP) is 2.63. The molecule has 45 heavy (non-hydrogen) atoms. The van der Waals surface area contributed by atoms with Crippen molar-refractivity contribution in [3.05, 3.63) is 84.4 Å². The number of anilines is 1. The number of aliphatic hydroxyl groups excluding tert-OH is 1. The molecule has 2 unspecified atom stereocenters. The number of rotatable bonds is 14.